The Bertz CT molecular complexity index is 2990. The summed E-state index contributed by atoms with van der Waals surface area (Å²) in [5, 5.41) is 2.49. The topological polar surface area (TPSA) is 3.24 Å². The molecule has 0 saturated heterocycles. The van der Waals surface area contributed by atoms with E-state index in [-0.39, 0.29) is 0 Å². The Labute approximate surface area is 346 Å². The average Bonchev–Trinajstić information content (AvgIpc) is 3.33. The van der Waals surface area contributed by atoms with E-state index >= 15 is 0 Å². The van der Waals surface area contributed by atoms with Gasteiger partial charge in [-0.05, 0) is 96.7 Å². The molecule has 0 unspecified atom stereocenters. The van der Waals surface area contributed by atoms with Gasteiger partial charge in [0, 0.05) is 16.8 Å². The van der Waals surface area contributed by atoms with Crippen LogP contribution in [0.25, 0.3) is 77.5 Å². The van der Waals surface area contributed by atoms with Gasteiger partial charge in [-0.1, -0.05) is 218 Å². The highest BCUT2D eigenvalue weighted by Gasteiger charge is 2.22. The van der Waals surface area contributed by atoms with Crippen LogP contribution in [-0.4, -0.2) is 0 Å². The van der Waals surface area contributed by atoms with Gasteiger partial charge in [0.15, 0.2) is 0 Å². The monoisotopic (exact) mass is 751 g/mol. The minimum atomic E-state index is 1.08. The fraction of sp³-hybridized carbons (Fsp3) is 0. The Morgan fingerprint density at radius 1 is 0.237 bits per heavy atom. The van der Waals surface area contributed by atoms with Crippen molar-refractivity contribution < 1.29 is 0 Å². The number of anilines is 3. The molecule has 0 bridgehead atoms. The number of para-hydroxylation sites is 1. The maximum absolute atomic E-state index is 2.44. The third-order valence-electron chi connectivity index (χ3n) is 11.3. The quantitative estimate of drug-likeness (QED) is 0.142. The van der Waals surface area contributed by atoms with Gasteiger partial charge in [-0.3, -0.25) is 0 Å². The molecule has 0 spiro atoms. The van der Waals surface area contributed by atoms with Gasteiger partial charge in [0.2, 0.25) is 0 Å². The normalized spacial score (nSPS) is 11.1. The number of hydrogen-bond acceptors (Lipinski definition) is 1. The molecule has 10 aromatic rings. The first-order chi connectivity index (χ1) is 29.3. The zero-order chi connectivity index (χ0) is 39.4. The van der Waals surface area contributed by atoms with Crippen LogP contribution in [0.3, 0.4) is 0 Å². The highest BCUT2D eigenvalue weighted by Crippen LogP contribution is 2.47. The lowest BCUT2D eigenvalue weighted by atomic mass is 9.89. The molecule has 10 aromatic carbocycles. The Morgan fingerprint density at radius 3 is 1.36 bits per heavy atom. The first-order valence-corrected chi connectivity index (χ1v) is 20.3. The molecule has 0 saturated carbocycles. The van der Waals surface area contributed by atoms with Crippen molar-refractivity contribution in [3.63, 3.8) is 0 Å². The lowest BCUT2D eigenvalue weighted by molar-refractivity contribution is 1.28. The molecule has 10 rings (SSSR count). The molecule has 0 N–H and O–H groups in total. The predicted molar refractivity (Wildman–Crippen MR) is 251 cm³/mol. The third kappa shape index (κ3) is 7.12. The molecular weight excluding hydrogens is 711 g/mol. The Balaban J connectivity index is 1.16. The van der Waals surface area contributed by atoms with Crippen molar-refractivity contribution in [1.29, 1.82) is 0 Å². The van der Waals surface area contributed by atoms with E-state index in [9.17, 15) is 0 Å². The van der Waals surface area contributed by atoms with Crippen LogP contribution in [0.2, 0.25) is 0 Å². The van der Waals surface area contributed by atoms with Gasteiger partial charge >= 0.3 is 0 Å². The minimum Gasteiger partial charge on any atom is -0.309 e. The van der Waals surface area contributed by atoms with Gasteiger partial charge in [0.1, 0.15) is 0 Å². The van der Waals surface area contributed by atoms with Gasteiger partial charge in [0.05, 0.1) is 11.4 Å². The van der Waals surface area contributed by atoms with Gasteiger partial charge in [-0.2, -0.15) is 0 Å². The Kier molecular flexibility index (Phi) is 9.68. The second-order valence-electron chi connectivity index (χ2n) is 14.9. The average molecular weight is 752 g/mol. The Hall–Kier alpha value is -7.74. The SMILES string of the molecule is c1ccc(-c2ccc(-c3ccccc3N(c3ccc(-c4ccc5ccccc5c4-c4ccccc4)cc3)c3ccc(-c4ccccc4)cc3-c3ccccc3)cc2)cc1. The molecule has 1 heteroatoms. The number of nitrogens with zero attached hydrogens (tertiary/aromatic N) is 1. The van der Waals surface area contributed by atoms with Gasteiger partial charge in [0.25, 0.3) is 0 Å². The zero-order valence-electron chi connectivity index (χ0n) is 32.6. The van der Waals surface area contributed by atoms with E-state index in [4.69, 9.17) is 0 Å². The van der Waals surface area contributed by atoms with E-state index in [0.29, 0.717) is 0 Å². The van der Waals surface area contributed by atoms with Crippen LogP contribution < -0.4 is 4.90 Å². The van der Waals surface area contributed by atoms with Crippen molar-refractivity contribution >= 4 is 27.8 Å². The summed E-state index contributed by atoms with van der Waals surface area (Å²) >= 11 is 0. The standard InChI is InChI=1S/C58H41N/c1-5-17-42(18-6-1)44-29-31-47(32-30-44)52-26-15-16-28-56(52)59(57-40-36-50(43-19-7-2-8-20-43)41-55(57)45-21-9-3-10-22-45)51-37-33-48(34-38-51)54-39-35-46-23-13-14-27-53(46)58(54)49-24-11-4-12-25-49/h1-41H. The van der Waals surface area contributed by atoms with Crippen LogP contribution in [0.1, 0.15) is 0 Å². The summed E-state index contributed by atoms with van der Waals surface area (Å²) < 4.78 is 0. The number of hydrogen-bond donors (Lipinski definition) is 0. The molecule has 0 atom stereocenters. The number of fused-ring (bicyclic) bond motifs is 1. The second-order valence-corrected chi connectivity index (χ2v) is 14.9. The first kappa shape index (κ1) is 35.7. The van der Waals surface area contributed by atoms with Crippen LogP contribution in [0.5, 0.6) is 0 Å². The van der Waals surface area contributed by atoms with Crippen LogP contribution in [0, 0.1) is 0 Å². The highest BCUT2D eigenvalue weighted by atomic mass is 15.1. The smallest absolute Gasteiger partial charge is 0.0540 e. The van der Waals surface area contributed by atoms with Crippen LogP contribution in [0.4, 0.5) is 17.1 Å². The van der Waals surface area contributed by atoms with E-state index in [2.05, 4.69) is 254 Å². The molecule has 0 aromatic heterocycles. The summed E-state index contributed by atoms with van der Waals surface area (Å²) in [6.45, 7) is 0. The molecule has 1 nitrogen and oxygen atoms in total. The van der Waals surface area contributed by atoms with Crippen LogP contribution in [0.15, 0.2) is 249 Å². The molecular formula is C58H41N. The maximum atomic E-state index is 2.44. The van der Waals surface area contributed by atoms with Crippen molar-refractivity contribution in [1.82, 2.24) is 0 Å². The molecule has 278 valence electrons. The summed E-state index contributed by atoms with van der Waals surface area (Å²) in [7, 11) is 0. The summed E-state index contributed by atoms with van der Waals surface area (Å²) in [5.74, 6) is 0. The van der Waals surface area contributed by atoms with Gasteiger partial charge < -0.3 is 4.90 Å². The summed E-state index contributed by atoms with van der Waals surface area (Å²) in [6, 6.07) is 89.9. The molecule has 0 amide bonds. The summed E-state index contributed by atoms with van der Waals surface area (Å²) in [5.41, 5.74) is 17.5. The lowest BCUT2D eigenvalue weighted by Gasteiger charge is -2.30. The molecule has 0 fully saturated rings. The Morgan fingerprint density at radius 2 is 0.678 bits per heavy atom. The third-order valence-corrected chi connectivity index (χ3v) is 11.3. The van der Waals surface area contributed by atoms with Crippen molar-refractivity contribution in [2.75, 3.05) is 4.90 Å². The molecule has 59 heavy (non-hydrogen) atoms. The van der Waals surface area contributed by atoms with Crippen molar-refractivity contribution in [3.8, 4) is 66.8 Å². The minimum absolute atomic E-state index is 1.08. The van der Waals surface area contributed by atoms with E-state index in [1.807, 2.05) is 0 Å². The van der Waals surface area contributed by atoms with Crippen molar-refractivity contribution in [2.24, 2.45) is 0 Å². The van der Waals surface area contributed by atoms with Crippen molar-refractivity contribution in [2.45, 2.75) is 0 Å². The van der Waals surface area contributed by atoms with Gasteiger partial charge in [-0.15, -0.1) is 0 Å². The highest BCUT2D eigenvalue weighted by molar-refractivity contribution is 6.04. The predicted octanol–water partition coefficient (Wildman–Crippen LogP) is 16.3. The number of benzene rings is 10. The fourth-order valence-electron chi connectivity index (χ4n) is 8.40. The van der Waals surface area contributed by atoms with E-state index < -0.39 is 0 Å². The molecule has 0 radical (unpaired) electrons. The summed E-state index contributed by atoms with van der Waals surface area (Å²) in [4.78, 5) is 2.44. The maximum Gasteiger partial charge on any atom is 0.0540 e. The molecule has 0 aliphatic carbocycles. The molecule has 0 heterocycles. The van der Waals surface area contributed by atoms with E-state index in [1.165, 1.54) is 55.3 Å². The van der Waals surface area contributed by atoms with E-state index in [1.54, 1.807) is 0 Å². The number of rotatable bonds is 9. The molecule has 0 aliphatic heterocycles. The largest absolute Gasteiger partial charge is 0.309 e. The zero-order valence-corrected chi connectivity index (χ0v) is 32.6. The first-order valence-electron chi connectivity index (χ1n) is 20.3. The molecule has 0 aliphatic rings. The fourth-order valence-corrected chi connectivity index (χ4v) is 8.40. The van der Waals surface area contributed by atoms with Crippen LogP contribution >= 0.6 is 0 Å². The summed E-state index contributed by atoms with van der Waals surface area (Å²) in [6.07, 6.45) is 0. The van der Waals surface area contributed by atoms with Crippen LogP contribution in [-0.2, 0) is 0 Å². The van der Waals surface area contributed by atoms with E-state index in [0.717, 1.165) is 39.3 Å². The second kappa shape index (κ2) is 16.0. The lowest BCUT2D eigenvalue weighted by Crippen LogP contribution is -2.12. The van der Waals surface area contributed by atoms with Gasteiger partial charge in [-0.25, -0.2) is 0 Å². The van der Waals surface area contributed by atoms with Crippen molar-refractivity contribution in [3.05, 3.63) is 249 Å².